The summed E-state index contributed by atoms with van der Waals surface area (Å²) in [6.07, 6.45) is 6.49. The molecule has 1 aliphatic carbocycles. The second-order valence-electron chi connectivity index (χ2n) is 5.50. The Morgan fingerprint density at radius 1 is 1.37 bits per heavy atom. The molecular weight excluding hydrogens is 371 g/mol. The van der Waals surface area contributed by atoms with Gasteiger partial charge in [0.2, 0.25) is 0 Å². The van der Waals surface area contributed by atoms with E-state index in [1.54, 1.807) is 0 Å². The third-order valence-electron chi connectivity index (χ3n) is 4.41. The number of hydrogen-bond donors (Lipinski definition) is 2. The van der Waals surface area contributed by atoms with Crippen molar-refractivity contribution in [3.63, 3.8) is 0 Å². The molecule has 2 nitrogen and oxygen atoms in total. The molecule has 1 aromatic carbocycles. The van der Waals surface area contributed by atoms with E-state index >= 15 is 0 Å². The second kappa shape index (κ2) is 7.25. The van der Waals surface area contributed by atoms with Gasteiger partial charge in [0.1, 0.15) is 0 Å². The Bertz CT molecular complexity index is 417. The molecule has 1 atom stereocenters. The van der Waals surface area contributed by atoms with Crippen LogP contribution in [-0.2, 0) is 0 Å². The van der Waals surface area contributed by atoms with Crippen molar-refractivity contribution in [2.45, 2.75) is 45.1 Å². The van der Waals surface area contributed by atoms with Gasteiger partial charge in [-0.3, -0.25) is 11.3 Å². The van der Waals surface area contributed by atoms with E-state index in [0.29, 0.717) is 5.92 Å². The van der Waals surface area contributed by atoms with Gasteiger partial charge < -0.3 is 0 Å². The number of hydrazine groups is 1. The van der Waals surface area contributed by atoms with E-state index in [0.717, 1.165) is 10.9 Å². The first-order valence-corrected chi connectivity index (χ1v) is 8.52. The van der Waals surface area contributed by atoms with Gasteiger partial charge in [-0.1, -0.05) is 37.8 Å². The number of hydrogen-bond acceptors (Lipinski definition) is 2. The molecule has 0 amide bonds. The minimum atomic E-state index is 0.225. The predicted octanol–water partition coefficient (Wildman–Crippen LogP) is 4.67. The molecule has 1 saturated carbocycles. The summed E-state index contributed by atoms with van der Waals surface area (Å²) in [6.45, 7) is 2.30. The van der Waals surface area contributed by atoms with Crippen LogP contribution < -0.4 is 11.3 Å². The molecule has 2 rings (SSSR count). The van der Waals surface area contributed by atoms with Crippen LogP contribution in [-0.4, -0.2) is 0 Å². The third kappa shape index (κ3) is 3.84. The third-order valence-corrected chi connectivity index (χ3v) is 5.63. The average molecular weight is 393 g/mol. The Labute approximate surface area is 134 Å². The Hall–Kier alpha value is 0.160. The first-order valence-electron chi connectivity index (χ1n) is 7.06. The van der Waals surface area contributed by atoms with E-state index in [1.807, 2.05) is 6.07 Å². The molecule has 3 N–H and O–H groups in total. The predicted molar refractivity (Wildman–Crippen MR) is 90.0 cm³/mol. The Morgan fingerprint density at radius 2 is 2.05 bits per heavy atom. The van der Waals surface area contributed by atoms with E-state index in [-0.39, 0.29) is 6.04 Å². The maximum atomic E-state index is 6.13. The summed E-state index contributed by atoms with van der Waals surface area (Å²) in [6, 6.07) is 6.29. The number of rotatable bonds is 4. The zero-order valence-electron chi connectivity index (χ0n) is 11.3. The summed E-state index contributed by atoms with van der Waals surface area (Å²) in [5.74, 6) is 7.36. The van der Waals surface area contributed by atoms with Crippen LogP contribution in [0.25, 0.3) is 0 Å². The molecule has 19 heavy (non-hydrogen) atoms. The molecule has 1 fully saturated rings. The van der Waals surface area contributed by atoms with E-state index in [4.69, 9.17) is 17.4 Å². The second-order valence-corrected chi connectivity index (χ2v) is 7.10. The summed E-state index contributed by atoms with van der Waals surface area (Å²) in [5.41, 5.74) is 4.27. The summed E-state index contributed by atoms with van der Waals surface area (Å²) in [4.78, 5) is 0. The number of nitrogens with two attached hydrogens (primary N) is 1. The summed E-state index contributed by atoms with van der Waals surface area (Å²) in [7, 11) is 0. The first-order chi connectivity index (χ1) is 9.15. The van der Waals surface area contributed by atoms with Crippen molar-refractivity contribution >= 4 is 34.2 Å². The molecule has 4 heteroatoms. The van der Waals surface area contributed by atoms with Crippen molar-refractivity contribution in [3.8, 4) is 0 Å². The van der Waals surface area contributed by atoms with Gasteiger partial charge in [-0.25, -0.2) is 0 Å². The fourth-order valence-corrected chi connectivity index (χ4v) is 4.01. The quantitative estimate of drug-likeness (QED) is 0.444. The number of nitrogens with one attached hydrogen (secondary N) is 1. The van der Waals surface area contributed by atoms with Crippen LogP contribution in [0, 0.1) is 15.4 Å². The highest BCUT2D eigenvalue weighted by Gasteiger charge is 2.28. The van der Waals surface area contributed by atoms with Crippen LogP contribution in [0.4, 0.5) is 0 Å². The highest BCUT2D eigenvalue weighted by atomic mass is 127. The van der Waals surface area contributed by atoms with Crippen LogP contribution in [0.15, 0.2) is 18.2 Å². The first kappa shape index (κ1) is 15.5. The minimum absolute atomic E-state index is 0.225. The largest absolute Gasteiger partial charge is 0.271 e. The van der Waals surface area contributed by atoms with Crippen molar-refractivity contribution in [2.75, 3.05) is 0 Å². The summed E-state index contributed by atoms with van der Waals surface area (Å²) >= 11 is 8.50. The Morgan fingerprint density at radius 3 is 2.63 bits per heavy atom. The molecule has 0 bridgehead atoms. The highest BCUT2D eigenvalue weighted by Crippen LogP contribution is 2.39. The summed E-state index contributed by atoms with van der Waals surface area (Å²) < 4.78 is 1.24. The van der Waals surface area contributed by atoms with E-state index in [2.05, 4.69) is 47.1 Å². The monoisotopic (exact) mass is 392 g/mol. The van der Waals surface area contributed by atoms with Gasteiger partial charge >= 0.3 is 0 Å². The van der Waals surface area contributed by atoms with Crippen molar-refractivity contribution in [3.05, 3.63) is 32.4 Å². The molecule has 0 spiro atoms. The van der Waals surface area contributed by atoms with Crippen LogP contribution in [0.2, 0.25) is 5.02 Å². The Kier molecular flexibility index (Phi) is 5.93. The topological polar surface area (TPSA) is 38.0 Å². The van der Waals surface area contributed by atoms with Gasteiger partial charge in [0, 0.05) is 14.6 Å². The van der Waals surface area contributed by atoms with Gasteiger partial charge in [0.15, 0.2) is 0 Å². The lowest BCUT2D eigenvalue weighted by Crippen LogP contribution is -2.35. The van der Waals surface area contributed by atoms with Crippen LogP contribution in [0.1, 0.15) is 50.6 Å². The molecule has 1 unspecified atom stereocenters. The normalized spacial score (nSPS) is 25.3. The van der Waals surface area contributed by atoms with Gasteiger partial charge in [-0.2, -0.15) is 0 Å². The maximum absolute atomic E-state index is 6.13. The average Bonchev–Trinajstić information content (AvgIpc) is 2.44. The smallest absolute Gasteiger partial charge is 0.0499 e. The lowest BCUT2D eigenvalue weighted by Gasteiger charge is -2.34. The zero-order chi connectivity index (χ0) is 13.8. The fourth-order valence-electron chi connectivity index (χ4n) is 3.16. The van der Waals surface area contributed by atoms with Crippen LogP contribution >= 0.6 is 34.2 Å². The van der Waals surface area contributed by atoms with Gasteiger partial charge in [-0.05, 0) is 71.0 Å². The van der Waals surface area contributed by atoms with Crippen molar-refractivity contribution in [1.82, 2.24) is 5.43 Å². The molecule has 0 aliphatic heterocycles. The standard InChI is InChI=1S/C15H22ClIN2/c1-2-10-3-5-11(6-4-10)15(19-18)13-9-12(16)7-8-14(13)17/h7-11,15,19H,2-6,18H2,1H3. The molecule has 106 valence electrons. The van der Waals surface area contributed by atoms with Crippen molar-refractivity contribution < 1.29 is 0 Å². The van der Waals surface area contributed by atoms with E-state index in [1.165, 1.54) is 41.2 Å². The van der Waals surface area contributed by atoms with E-state index < -0.39 is 0 Å². The lowest BCUT2D eigenvalue weighted by atomic mass is 9.76. The highest BCUT2D eigenvalue weighted by molar-refractivity contribution is 14.1. The summed E-state index contributed by atoms with van der Waals surface area (Å²) in [5, 5.41) is 0.790. The fraction of sp³-hybridized carbons (Fsp3) is 0.600. The minimum Gasteiger partial charge on any atom is -0.271 e. The van der Waals surface area contributed by atoms with Gasteiger partial charge in [0.25, 0.3) is 0 Å². The Balaban J connectivity index is 2.14. The molecule has 1 aromatic rings. The molecule has 0 heterocycles. The maximum Gasteiger partial charge on any atom is 0.0499 e. The van der Waals surface area contributed by atoms with Crippen molar-refractivity contribution in [2.24, 2.45) is 17.7 Å². The number of benzene rings is 1. The van der Waals surface area contributed by atoms with E-state index in [9.17, 15) is 0 Å². The molecule has 0 radical (unpaired) electrons. The number of halogens is 2. The lowest BCUT2D eigenvalue weighted by molar-refractivity contribution is 0.219. The van der Waals surface area contributed by atoms with Crippen LogP contribution in [0.3, 0.4) is 0 Å². The van der Waals surface area contributed by atoms with Gasteiger partial charge in [-0.15, -0.1) is 0 Å². The molecule has 0 saturated heterocycles. The zero-order valence-corrected chi connectivity index (χ0v) is 14.2. The van der Waals surface area contributed by atoms with Gasteiger partial charge in [0.05, 0.1) is 0 Å². The van der Waals surface area contributed by atoms with Crippen molar-refractivity contribution in [1.29, 1.82) is 0 Å². The SMILES string of the molecule is CCC1CCC(C(NN)c2cc(Cl)ccc2I)CC1. The molecule has 0 aromatic heterocycles. The molecule has 1 aliphatic rings. The van der Waals surface area contributed by atoms with Crippen LogP contribution in [0.5, 0.6) is 0 Å². The molecular formula is C15H22ClIN2.